The van der Waals surface area contributed by atoms with E-state index >= 15 is 0 Å². The number of pyridine rings is 2. The molecule has 0 aliphatic rings. The van der Waals surface area contributed by atoms with Crippen molar-refractivity contribution in [3.8, 4) is 23.7 Å². The Hall–Kier alpha value is -2.19. The number of aromatic nitrogens is 2. The van der Waals surface area contributed by atoms with Crippen LogP contribution >= 0.6 is 0 Å². The third-order valence-electron chi connectivity index (χ3n) is 5.39. The molecular formula is C30H14K2N2O4. The maximum Gasteiger partial charge on any atom is 1.00 e. The SMILES string of the molecule is O=C([O-])c1cccc(C#Cc2ccc3ccc4ccc(C#Cc5cccc(C(=O)[O-])c5)nc4c3n2)c1.[K+].[K+]. The molecule has 38 heavy (non-hydrogen) atoms. The Kier molecular flexibility index (Phi) is 11.0. The Morgan fingerprint density at radius 2 is 0.947 bits per heavy atom. The van der Waals surface area contributed by atoms with E-state index in [1.807, 2.05) is 24.3 Å². The number of hydrogen-bond acceptors (Lipinski definition) is 6. The normalized spacial score (nSPS) is 9.68. The Balaban J connectivity index is 0.00000200. The van der Waals surface area contributed by atoms with Gasteiger partial charge in [-0.25, -0.2) is 9.97 Å². The van der Waals surface area contributed by atoms with E-state index in [9.17, 15) is 19.8 Å². The molecule has 0 N–H and O–H groups in total. The van der Waals surface area contributed by atoms with E-state index in [0.717, 1.165) is 10.8 Å². The largest absolute Gasteiger partial charge is 1.00 e. The number of benzene rings is 3. The fourth-order valence-electron chi connectivity index (χ4n) is 3.63. The van der Waals surface area contributed by atoms with Crippen molar-refractivity contribution in [1.82, 2.24) is 9.97 Å². The summed E-state index contributed by atoms with van der Waals surface area (Å²) in [5.41, 5.74) is 3.52. The minimum Gasteiger partial charge on any atom is -0.545 e. The topological polar surface area (TPSA) is 106 Å². The minimum absolute atomic E-state index is 0. The van der Waals surface area contributed by atoms with Gasteiger partial charge in [-0.2, -0.15) is 0 Å². The number of aromatic carboxylic acids is 2. The molecule has 2 heterocycles. The molecule has 0 fully saturated rings. The fourth-order valence-corrected chi connectivity index (χ4v) is 3.63. The van der Waals surface area contributed by atoms with Gasteiger partial charge in [-0.1, -0.05) is 48.2 Å². The summed E-state index contributed by atoms with van der Waals surface area (Å²) >= 11 is 0. The summed E-state index contributed by atoms with van der Waals surface area (Å²) in [4.78, 5) is 31.5. The van der Waals surface area contributed by atoms with Gasteiger partial charge >= 0.3 is 103 Å². The number of rotatable bonds is 2. The Morgan fingerprint density at radius 3 is 1.34 bits per heavy atom. The molecular weight excluding hydrogens is 531 g/mol. The zero-order valence-corrected chi connectivity index (χ0v) is 26.9. The molecule has 170 valence electrons. The van der Waals surface area contributed by atoms with E-state index in [0.29, 0.717) is 33.5 Å². The second kappa shape index (κ2) is 13.7. The molecule has 0 radical (unpaired) electrons. The average Bonchev–Trinajstić information content (AvgIpc) is 2.90. The predicted octanol–water partition coefficient (Wildman–Crippen LogP) is -3.68. The number of carboxylic acid groups (broad SMARTS) is 2. The Morgan fingerprint density at radius 1 is 0.553 bits per heavy atom. The zero-order chi connectivity index (χ0) is 25.1. The van der Waals surface area contributed by atoms with E-state index in [4.69, 9.17) is 0 Å². The van der Waals surface area contributed by atoms with Crippen LogP contribution in [0.2, 0.25) is 0 Å². The second-order valence-electron chi connectivity index (χ2n) is 7.84. The molecule has 0 spiro atoms. The van der Waals surface area contributed by atoms with Crippen molar-refractivity contribution in [3.63, 3.8) is 0 Å². The van der Waals surface area contributed by atoms with Crippen molar-refractivity contribution in [2.75, 3.05) is 0 Å². The first-order valence-corrected chi connectivity index (χ1v) is 10.8. The number of carbonyl (C=O) groups excluding carboxylic acids is 2. The molecule has 0 saturated carbocycles. The van der Waals surface area contributed by atoms with Gasteiger partial charge in [-0.05, 0) is 71.5 Å². The van der Waals surface area contributed by atoms with Crippen LogP contribution in [0.15, 0.2) is 84.9 Å². The number of hydrogen-bond donors (Lipinski definition) is 0. The summed E-state index contributed by atoms with van der Waals surface area (Å²) in [6.07, 6.45) is 0. The molecule has 3 aromatic carbocycles. The van der Waals surface area contributed by atoms with Gasteiger partial charge in [0.2, 0.25) is 0 Å². The van der Waals surface area contributed by atoms with Crippen molar-refractivity contribution in [2.45, 2.75) is 0 Å². The number of carbonyl (C=O) groups is 2. The summed E-state index contributed by atoms with van der Waals surface area (Å²) < 4.78 is 0. The van der Waals surface area contributed by atoms with E-state index in [-0.39, 0.29) is 114 Å². The fraction of sp³-hybridized carbons (Fsp3) is 0. The van der Waals surface area contributed by atoms with Gasteiger partial charge in [0, 0.05) is 21.9 Å². The summed E-state index contributed by atoms with van der Waals surface area (Å²) in [5, 5.41) is 23.9. The Bertz CT molecular complexity index is 1700. The van der Waals surface area contributed by atoms with E-state index < -0.39 is 11.9 Å². The molecule has 0 amide bonds. The Labute approximate surface area is 303 Å². The number of fused-ring (bicyclic) bond motifs is 3. The summed E-state index contributed by atoms with van der Waals surface area (Å²) in [7, 11) is 0. The smallest absolute Gasteiger partial charge is 0.545 e. The van der Waals surface area contributed by atoms with Crippen LogP contribution in [0.1, 0.15) is 43.2 Å². The molecule has 0 atom stereocenters. The molecule has 0 aliphatic carbocycles. The van der Waals surface area contributed by atoms with E-state index in [1.54, 1.807) is 36.4 Å². The van der Waals surface area contributed by atoms with E-state index in [1.165, 1.54) is 24.3 Å². The van der Waals surface area contributed by atoms with Crippen molar-refractivity contribution < 1.29 is 123 Å². The van der Waals surface area contributed by atoms with Gasteiger partial charge in [0.25, 0.3) is 0 Å². The van der Waals surface area contributed by atoms with Crippen LogP contribution in [0.3, 0.4) is 0 Å². The van der Waals surface area contributed by atoms with Crippen molar-refractivity contribution in [2.24, 2.45) is 0 Å². The third-order valence-corrected chi connectivity index (χ3v) is 5.39. The molecule has 0 aliphatic heterocycles. The standard InChI is InChI=1S/C30H16N2O4.2K/c33-29(34)23-5-1-3-19(17-23)7-13-25-15-11-21-9-10-22-12-16-26(32-28(22)27(21)31-25)14-8-20-4-2-6-24(18-20)30(35)36;;/h1-6,9-12,15-18H,(H,33,34)(H,35,36);;/q;2*+1/p-2. The van der Waals surface area contributed by atoms with Crippen molar-refractivity contribution in [1.29, 1.82) is 0 Å². The summed E-state index contributed by atoms with van der Waals surface area (Å²) in [5.74, 6) is 9.31. The van der Waals surface area contributed by atoms with Crippen LogP contribution in [-0.4, -0.2) is 21.9 Å². The number of carboxylic acids is 2. The quantitative estimate of drug-likeness (QED) is 0.129. The molecule has 0 bridgehead atoms. The first-order chi connectivity index (χ1) is 17.5. The monoisotopic (exact) mass is 544 g/mol. The predicted molar refractivity (Wildman–Crippen MR) is 131 cm³/mol. The van der Waals surface area contributed by atoms with Crippen LogP contribution in [0.4, 0.5) is 0 Å². The first-order valence-electron chi connectivity index (χ1n) is 10.8. The minimum atomic E-state index is -1.26. The summed E-state index contributed by atoms with van der Waals surface area (Å²) in [6, 6.07) is 23.7. The van der Waals surface area contributed by atoms with Crippen LogP contribution < -0.4 is 113 Å². The van der Waals surface area contributed by atoms with Gasteiger partial charge in [0.15, 0.2) is 0 Å². The van der Waals surface area contributed by atoms with Crippen LogP contribution in [-0.2, 0) is 0 Å². The zero-order valence-electron chi connectivity index (χ0n) is 20.6. The van der Waals surface area contributed by atoms with Gasteiger partial charge < -0.3 is 19.8 Å². The van der Waals surface area contributed by atoms with Gasteiger partial charge in [0.05, 0.1) is 23.0 Å². The van der Waals surface area contributed by atoms with Crippen LogP contribution in [0.5, 0.6) is 0 Å². The van der Waals surface area contributed by atoms with Crippen LogP contribution in [0.25, 0.3) is 21.8 Å². The molecule has 6 nitrogen and oxygen atoms in total. The van der Waals surface area contributed by atoms with Crippen molar-refractivity contribution >= 4 is 33.7 Å². The maximum absolute atomic E-state index is 11.1. The third kappa shape index (κ3) is 7.26. The molecule has 8 heteroatoms. The van der Waals surface area contributed by atoms with Gasteiger partial charge in [0.1, 0.15) is 11.4 Å². The average molecular weight is 545 g/mol. The van der Waals surface area contributed by atoms with Gasteiger partial charge in [-0.15, -0.1) is 0 Å². The van der Waals surface area contributed by atoms with Crippen LogP contribution in [0, 0.1) is 23.7 Å². The molecule has 5 aromatic rings. The first kappa shape index (κ1) is 30.4. The molecule has 0 saturated heterocycles. The maximum atomic E-state index is 11.1. The second-order valence-corrected chi connectivity index (χ2v) is 7.84. The summed E-state index contributed by atoms with van der Waals surface area (Å²) in [6.45, 7) is 0. The molecule has 2 aromatic heterocycles. The molecule has 0 unspecified atom stereocenters. The molecule has 5 rings (SSSR count). The van der Waals surface area contributed by atoms with Crippen molar-refractivity contribution in [3.05, 3.63) is 119 Å². The van der Waals surface area contributed by atoms with Gasteiger partial charge in [-0.3, -0.25) is 0 Å². The number of nitrogens with zero attached hydrogens (tertiary/aromatic N) is 2. The van der Waals surface area contributed by atoms with E-state index in [2.05, 4.69) is 33.6 Å².